The summed E-state index contributed by atoms with van der Waals surface area (Å²) < 4.78 is 0. The van der Waals surface area contributed by atoms with Crippen molar-refractivity contribution in [2.24, 2.45) is 5.41 Å². The largest absolute Gasteiger partial charge is 0.378 e. The predicted molar refractivity (Wildman–Crippen MR) is 89.7 cm³/mol. The number of nitrogens with zero attached hydrogens (tertiary/aromatic N) is 5. The average Bonchev–Trinajstić information content (AvgIpc) is 2.62. The molecule has 0 aliphatic carbocycles. The summed E-state index contributed by atoms with van der Waals surface area (Å²) in [7, 11) is 0. The molecule has 6 heteroatoms. The van der Waals surface area contributed by atoms with Gasteiger partial charge in [-0.15, -0.1) is 0 Å². The number of pyridine rings is 1. The second-order valence-electron chi connectivity index (χ2n) is 6.65. The maximum absolute atomic E-state index is 11.5. The van der Waals surface area contributed by atoms with Gasteiger partial charge < -0.3 is 5.11 Å². The Bertz CT molecular complexity index is 800. The fourth-order valence-electron chi connectivity index (χ4n) is 2.68. The van der Waals surface area contributed by atoms with E-state index in [0.717, 1.165) is 11.1 Å². The lowest BCUT2D eigenvalue weighted by atomic mass is 9.71. The quantitative estimate of drug-likeness (QED) is 0.798. The highest BCUT2D eigenvalue weighted by molar-refractivity contribution is 5.60. The van der Waals surface area contributed by atoms with Crippen LogP contribution in [0.25, 0.3) is 11.1 Å². The Kier molecular flexibility index (Phi) is 4.07. The van der Waals surface area contributed by atoms with Crippen molar-refractivity contribution in [3.8, 4) is 11.1 Å². The molecule has 0 amide bonds. The van der Waals surface area contributed by atoms with Crippen molar-refractivity contribution >= 4 is 0 Å². The van der Waals surface area contributed by atoms with E-state index in [4.69, 9.17) is 0 Å². The molecule has 0 saturated heterocycles. The van der Waals surface area contributed by atoms with Gasteiger partial charge in [0.15, 0.2) is 0 Å². The van der Waals surface area contributed by atoms with Crippen molar-refractivity contribution in [3.05, 3.63) is 67.0 Å². The molecule has 3 aromatic heterocycles. The highest BCUT2D eigenvalue weighted by Crippen LogP contribution is 2.43. The highest BCUT2D eigenvalue weighted by Gasteiger charge is 2.45. The van der Waals surface area contributed by atoms with Crippen LogP contribution in [0.5, 0.6) is 0 Å². The fraction of sp³-hybridized carbons (Fsp3) is 0.278. The van der Waals surface area contributed by atoms with Crippen LogP contribution in [0, 0.1) is 5.41 Å². The van der Waals surface area contributed by atoms with E-state index in [2.05, 4.69) is 24.9 Å². The van der Waals surface area contributed by atoms with Crippen LogP contribution in [0.4, 0.5) is 0 Å². The van der Waals surface area contributed by atoms with Crippen molar-refractivity contribution in [1.82, 2.24) is 24.9 Å². The molecule has 1 atom stereocenters. The van der Waals surface area contributed by atoms with Gasteiger partial charge >= 0.3 is 0 Å². The van der Waals surface area contributed by atoms with E-state index in [-0.39, 0.29) is 0 Å². The first-order valence-corrected chi connectivity index (χ1v) is 7.63. The number of rotatable bonds is 3. The summed E-state index contributed by atoms with van der Waals surface area (Å²) in [5, 5.41) is 11.5. The minimum absolute atomic E-state index is 0.498. The van der Waals surface area contributed by atoms with E-state index in [1.54, 1.807) is 31.0 Å². The van der Waals surface area contributed by atoms with Gasteiger partial charge in [0.2, 0.25) is 0 Å². The zero-order valence-corrected chi connectivity index (χ0v) is 13.9. The molecule has 6 nitrogen and oxygen atoms in total. The van der Waals surface area contributed by atoms with Crippen molar-refractivity contribution in [3.63, 3.8) is 0 Å². The molecular formula is C18H19N5O. The molecule has 0 radical (unpaired) electrons. The monoisotopic (exact) mass is 321 g/mol. The molecule has 3 rings (SSSR count). The minimum Gasteiger partial charge on any atom is -0.378 e. The standard InChI is InChI=1S/C18H19N5O/c1-17(2,3)18(24,15-9-21-12-22-10-15)16-5-4-13(8-23-16)14-6-19-11-20-7-14/h4-12,24H,1-3H3. The molecule has 0 aliphatic heterocycles. The molecule has 0 spiro atoms. The highest BCUT2D eigenvalue weighted by atomic mass is 16.3. The predicted octanol–water partition coefficient (Wildman–Crippen LogP) is 2.61. The number of hydrogen-bond donors (Lipinski definition) is 1. The average molecular weight is 321 g/mol. The van der Waals surface area contributed by atoms with Crippen LogP contribution in [0.15, 0.2) is 55.8 Å². The molecular weight excluding hydrogens is 302 g/mol. The van der Waals surface area contributed by atoms with E-state index in [0.29, 0.717) is 11.3 Å². The Hall–Kier alpha value is -2.73. The number of hydrogen-bond acceptors (Lipinski definition) is 6. The van der Waals surface area contributed by atoms with Crippen molar-refractivity contribution in [2.75, 3.05) is 0 Å². The van der Waals surface area contributed by atoms with E-state index < -0.39 is 11.0 Å². The van der Waals surface area contributed by atoms with Gasteiger partial charge in [-0.2, -0.15) is 0 Å². The molecule has 0 fully saturated rings. The van der Waals surface area contributed by atoms with E-state index in [1.165, 1.54) is 12.7 Å². The summed E-state index contributed by atoms with van der Waals surface area (Å²) >= 11 is 0. The second kappa shape index (κ2) is 6.05. The van der Waals surface area contributed by atoms with Crippen LogP contribution in [0.3, 0.4) is 0 Å². The minimum atomic E-state index is -1.31. The van der Waals surface area contributed by atoms with Crippen LogP contribution in [0.2, 0.25) is 0 Å². The molecule has 0 bridgehead atoms. The molecule has 0 aliphatic rings. The van der Waals surface area contributed by atoms with Gasteiger partial charge in [0.05, 0.1) is 5.69 Å². The first kappa shape index (κ1) is 16.1. The van der Waals surface area contributed by atoms with E-state index in [1.807, 2.05) is 32.9 Å². The molecule has 0 saturated carbocycles. The lowest BCUT2D eigenvalue weighted by Gasteiger charge is -2.39. The van der Waals surface area contributed by atoms with E-state index >= 15 is 0 Å². The Balaban J connectivity index is 2.07. The van der Waals surface area contributed by atoms with Gasteiger partial charge in [-0.3, -0.25) is 4.98 Å². The Morgan fingerprint density at radius 3 is 1.83 bits per heavy atom. The topological polar surface area (TPSA) is 84.7 Å². The first-order chi connectivity index (χ1) is 11.4. The fourth-order valence-corrected chi connectivity index (χ4v) is 2.68. The van der Waals surface area contributed by atoms with Gasteiger partial charge in [0, 0.05) is 53.1 Å². The third-order valence-corrected chi connectivity index (χ3v) is 4.09. The van der Waals surface area contributed by atoms with Crippen LogP contribution in [-0.4, -0.2) is 30.0 Å². The van der Waals surface area contributed by atoms with Crippen molar-refractivity contribution < 1.29 is 5.11 Å². The molecule has 3 aromatic rings. The summed E-state index contributed by atoms with van der Waals surface area (Å²) in [6.45, 7) is 5.88. The van der Waals surface area contributed by atoms with Gasteiger partial charge in [0.25, 0.3) is 0 Å². The van der Waals surface area contributed by atoms with Gasteiger partial charge in [-0.05, 0) is 6.07 Å². The molecule has 1 N–H and O–H groups in total. The van der Waals surface area contributed by atoms with Gasteiger partial charge in [-0.25, -0.2) is 19.9 Å². The van der Waals surface area contributed by atoms with Crippen LogP contribution in [-0.2, 0) is 5.60 Å². The summed E-state index contributed by atoms with van der Waals surface area (Å²) in [5.41, 5.74) is 1.12. The van der Waals surface area contributed by atoms with Crippen molar-refractivity contribution in [2.45, 2.75) is 26.4 Å². The summed E-state index contributed by atoms with van der Waals surface area (Å²) in [6, 6.07) is 3.72. The Labute approximate surface area is 140 Å². The van der Waals surface area contributed by atoms with Crippen LogP contribution in [0.1, 0.15) is 32.0 Å². The third-order valence-electron chi connectivity index (χ3n) is 4.09. The summed E-state index contributed by atoms with van der Waals surface area (Å²) in [6.07, 6.45) is 11.3. The van der Waals surface area contributed by atoms with Crippen LogP contribution < -0.4 is 0 Å². The van der Waals surface area contributed by atoms with Crippen molar-refractivity contribution in [1.29, 1.82) is 0 Å². The molecule has 1 unspecified atom stereocenters. The maximum atomic E-state index is 11.5. The Morgan fingerprint density at radius 1 is 0.750 bits per heavy atom. The Morgan fingerprint density at radius 2 is 1.33 bits per heavy atom. The normalized spacial score (nSPS) is 14.2. The molecule has 0 aromatic carbocycles. The molecule has 122 valence electrons. The first-order valence-electron chi connectivity index (χ1n) is 7.63. The van der Waals surface area contributed by atoms with Crippen LogP contribution >= 0.6 is 0 Å². The zero-order valence-electron chi connectivity index (χ0n) is 13.9. The smallest absolute Gasteiger partial charge is 0.139 e. The summed E-state index contributed by atoms with van der Waals surface area (Å²) in [4.78, 5) is 20.6. The second-order valence-corrected chi connectivity index (χ2v) is 6.65. The maximum Gasteiger partial charge on any atom is 0.139 e. The number of aliphatic hydroxyl groups is 1. The van der Waals surface area contributed by atoms with Gasteiger partial charge in [0.1, 0.15) is 18.3 Å². The third kappa shape index (κ3) is 2.76. The lowest BCUT2D eigenvalue weighted by molar-refractivity contribution is -0.0301. The zero-order chi connectivity index (χ0) is 17.2. The number of aromatic nitrogens is 5. The summed E-state index contributed by atoms with van der Waals surface area (Å²) in [5.74, 6) is 0. The molecule has 24 heavy (non-hydrogen) atoms. The van der Waals surface area contributed by atoms with Gasteiger partial charge in [-0.1, -0.05) is 26.8 Å². The lowest BCUT2D eigenvalue weighted by Crippen LogP contribution is -2.42. The molecule has 3 heterocycles. The van der Waals surface area contributed by atoms with E-state index in [9.17, 15) is 5.11 Å². The SMILES string of the molecule is CC(C)(C)C(O)(c1cncnc1)c1ccc(-c2cncnc2)cn1.